The van der Waals surface area contributed by atoms with Gasteiger partial charge >= 0.3 is 0 Å². The minimum absolute atomic E-state index is 0.0101. The van der Waals surface area contributed by atoms with E-state index in [-0.39, 0.29) is 5.54 Å². The monoisotopic (exact) mass is 189 g/mol. The zero-order valence-corrected chi connectivity index (χ0v) is 9.76. The topological polar surface area (TPSA) is 12.4 Å². The van der Waals surface area contributed by atoms with Crippen molar-refractivity contribution in [3.8, 4) is 0 Å². The SMILES string of the molecule is Cc1cccc(/C=N/C(C)(C)C)c1C. The number of benzene rings is 1. The zero-order valence-electron chi connectivity index (χ0n) is 9.76. The first-order valence-electron chi connectivity index (χ1n) is 5.01. The van der Waals surface area contributed by atoms with Crippen molar-refractivity contribution in [3.05, 3.63) is 34.9 Å². The van der Waals surface area contributed by atoms with Crippen molar-refractivity contribution in [2.24, 2.45) is 4.99 Å². The number of nitrogens with zero attached hydrogens (tertiary/aromatic N) is 1. The summed E-state index contributed by atoms with van der Waals surface area (Å²) in [6, 6.07) is 6.31. The molecule has 1 aromatic rings. The van der Waals surface area contributed by atoms with Crippen LogP contribution in [0.1, 0.15) is 37.5 Å². The smallest absolute Gasteiger partial charge is 0.0524 e. The quantitative estimate of drug-likeness (QED) is 0.599. The largest absolute Gasteiger partial charge is 0.287 e. The van der Waals surface area contributed by atoms with Crippen molar-refractivity contribution in [1.82, 2.24) is 0 Å². The Labute approximate surface area is 86.9 Å². The van der Waals surface area contributed by atoms with Crippen LogP contribution < -0.4 is 0 Å². The van der Waals surface area contributed by atoms with Crippen LogP contribution in [0.5, 0.6) is 0 Å². The van der Waals surface area contributed by atoms with Gasteiger partial charge in [-0.15, -0.1) is 0 Å². The maximum atomic E-state index is 4.50. The fourth-order valence-corrected chi connectivity index (χ4v) is 1.18. The molecule has 0 saturated carbocycles. The Balaban J connectivity index is 2.98. The van der Waals surface area contributed by atoms with Crippen molar-refractivity contribution in [3.63, 3.8) is 0 Å². The molecule has 0 heterocycles. The molecule has 0 aliphatic heterocycles. The van der Waals surface area contributed by atoms with Gasteiger partial charge in [-0.2, -0.15) is 0 Å². The average Bonchev–Trinajstić information content (AvgIpc) is 2.06. The summed E-state index contributed by atoms with van der Waals surface area (Å²) in [5.41, 5.74) is 3.87. The second-order valence-electron chi connectivity index (χ2n) is 4.72. The summed E-state index contributed by atoms with van der Waals surface area (Å²) in [5, 5.41) is 0. The minimum Gasteiger partial charge on any atom is -0.287 e. The highest BCUT2D eigenvalue weighted by molar-refractivity contribution is 5.82. The van der Waals surface area contributed by atoms with Gasteiger partial charge in [-0.1, -0.05) is 18.2 Å². The van der Waals surface area contributed by atoms with Crippen molar-refractivity contribution in [2.75, 3.05) is 0 Å². The molecule has 14 heavy (non-hydrogen) atoms. The van der Waals surface area contributed by atoms with Crippen LogP contribution >= 0.6 is 0 Å². The lowest BCUT2D eigenvalue weighted by atomic mass is 10.0. The van der Waals surface area contributed by atoms with Gasteiger partial charge in [-0.3, -0.25) is 4.99 Å². The molecule has 0 unspecified atom stereocenters. The molecule has 0 aliphatic carbocycles. The van der Waals surface area contributed by atoms with Crippen molar-refractivity contribution in [2.45, 2.75) is 40.2 Å². The van der Waals surface area contributed by atoms with Crippen LogP contribution in [0.25, 0.3) is 0 Å². The van der Waals surface area contributed by atoms with E-state index in [9.17, 15) is 0 Å². The van der Waals surface area contributed by atoms with Gasteiger partial charge in [0.15, 0.2) is 0 Å². The highest BCUT2D eigenvalue weighted by atomic mass is 14.8. The third-order valence-electron chi connectivity index (χ3n) is 2.24. The zero-order chi connectivity index (χ0) is 10.8. The van der Waals surface area contributed by atoms with Crippen LogP contribution in [-0.2, 0) is 0 Å². The van der Waals surface area contributed by atoms with E-state index in [1.165, 1.54) is 16.7 Å². The van der Waals surface area contributed by atoms with Gasteiger partial charge in [0.05, 0.1) is 5.54 Å². The first kappa shape index (κ1) is 11.0. The van der Waals surface area contributed by atoms with Crippen molar-refractivity contribution in [1.29, 1.82) is 0 Å². The molecule has 1 rings (SSSR count). The van der Waals surface area contributed by atoms with E-state index in [2.05, 4.69) is 57.8 Å². The van der Waals surface area contributed by atoms with Gasteiger partial charge in [0.2, 0.25) is 0 Å². The molecule has 0 saturated heterocycles. The Kier molecular flexibility index (Phi) is 3.10. The van der Waals surface area contributed by atoms with E-state index >= 15 is 0 Å². The Hall–Kier alpha value is -1.11. The van der Waals surface area contributed by atoms with Gasteiger partial charge in [0.1, 0.15) is 0 Å². The summed E-state index contributed by atoms with van der Waals surface area (Å²) >= 11 is 0. The summed E-state index contributed by atoms with van der Waals surface area (Å²) in [6.07, 6.45) is 1.97. The van der Waals surface area contributed by atoms with E-state index in [0.29, 0.717) is 0 Å². The maximum Gasteiger partial charge on any atom is 0.0524 e. The van der Waals surface area contributed by atoms with E-state index in [1.807, 2.05) is 6.21 Å². The van der Waals surface area contributed by atoms with Gasteiger partial charge in [0, 0.05) is 6.21 Å². The lowest BCUT2D eigenvalue weighted by molar-refractivity contribution is 0.586. The standard InChI is InChI=1S/C13H19N/c1-10-7-6-8-12(11(10)2)9-14-13(3,4)5/h6-9H,1-5H3/b14-9+. The Morgan fingerprint density at radius 3 is 2.36 bits per heavy atom. The van der Waals surface area contributed by atoms with Crippen LogP contribution in [0, 0.1) is 13.8 Å². The molecule has 0 aromatic heterocycles. The average molecular weight is 189 g/mol. The number of hydrogen-bond acceptors (Lipinski definition) is 1. The first-order chi connectivity index (χ1) is 6.40. The predicted octanol–water partition coefficient (Wildman–Crippen LogP) is 3.52. The number of aryl methyl sites for hydroxylation is 1. The Bertz CT molecular complexity index is 343. The highest BCUT2D eigenvalue weighted by Crippen LogP contribution is 2.12. The molecule has 0 radical (unpaired) electrons. The van der Waals surface area contributed by atoms with E-state index < -0.39 is 0 Å². The van der Waals surface area contributed by atoms with E-state index in [1.54, 1.807) is 0 Å². The summed E-state index contributed by atoms with van der Waals surface area (Å²) in [4.78, 5) is 4.50. The number of rotatable bonds is 1. The third kappa shape index (κ3) is 2.99. The predicted molar refractivity (Wildman–Crippen MR) is 63.3 cm³/mol. The second kappa shape index (κ2) is 3.95. The molecular formula is C13H19N. The van der Waals surface area contributed by atoms with Crippen LogP contribution in [0.2, 0.25) is 0 Å². The van der Waals surface area contributed by atoms with Gasteiger partial charge in [-0.25, -0.2) is 0 Å². The van der Waals surface area contributed by atoms with Gasteiger partial charge in [-0.05, 0) is 51.3 Å². The van der Waals surface area contributed by atoms with Gasteiger partial charge in [0.25, 0.3) is 0 Å². The van der Waals surface area contributed by atoms with Crippen LogP contribution in [0.4, 0.5) is 0 Å². The fraction of sp³-hybridized carbons (Fsp3) is 0.462. The third-order valence-corrected chi connectivity index (χ3v) is 2.24. The molecule has 0 atom stereocenters. The fourth-order valence-electron chi connectivity index (χ4n) is 1.18. The van der Waals surface area contributed by atoms with Crippen LogP contribution in [0.15, 0.2) is 23.2 Å². The molecule has 0 N–H and O–H groups in total. The maximum absolute atomic E-state index is 4.50. The molecule has 0 spiro atoms. The Morgan fingerprint density at radius 1 is 1.14 bits per heavy atom. The summed E-state index contributed by atoms with van der Waals surface area (Å²) in [7, 11) is 0. The lowest BCUT2D eigenvalue weighted by Crippen LogP contribution is -2.09. The van der Waals surface area contributed by atoms with Crippen molar-refractivity contribution < 1.29 is 0 Å². The summed E-state index contributed by atoms with van der Waals surface area (Å²) < 4.78 is 0. The molecule has 0 bridgehead atoms. The van der Waals surface area contributed by atoms with Crippen LogP contribution in [-0.4, -0.2) is 11.8 Å². The van der Waals surface area contributed by atoms with Crippen LogP contribution in [0.3, 0.4) is 0 Å². The molecule has 1 nitrogen and oxygen atoms in total. The van der Waals surface area contributed by atoms with Crippen molar-refractivity contribution >= 4 is 6.21 Å². The highest BCUT2D eigenvalue weighted by Gasteiger charge is 2.05. The molecular weight excluding hydrogens is 170 g/mol. The molecule has 1 heteroatoms. The number of hydrogen-bond donors (Lipinski definition) is 0. The molecule has 76 valence electrons. The minimum atomic E-state index is 0.0101. The normalized spacial score (nSPS) is 12.4. The molecule has 0 amide bonds. The van der Waals surface area contributed by atoms with E-state index in [0.717, 1.165) is 0 Å². The molecule has 0 fully saturated rings. The second-order valence-corrected chi connectivity index (χ2v) is 4.72. The van der Waals surface area contributed by atoms with E-state index in [4.69, 9.17) is 0 Å². The first-order valence-corrected chi connectivity index (χ1v) is 5.01. The molecule has 1 aromatic carbocycles. The lowest BCUT2D eigenvalue weighted by Gasteiger charge is -2.11. The molecule has 0 aliphatic rings. The summed E-state index contributed by atoms with van der Waals surface area (Å²) in [5.74, 6) is 0. The van der Waals surface area contributed by atoms with Gasteiger partial charge < -0.3 is 0 Å². The summed E-state index contributed by atoms with van der Waals surface area (Å²) in [6.45, 7) is 10.6. The number of aliphatic imine (C=N–C) groups is 1. The Morgan fingerprint density at radius 2 is 1.79 bits per heavy atom.